The maximum absolute atomic E-state index is 13.1. The van der Waals surface area contributed by atoms with Crippen LogP contribution in [-0.4, -0.2) is 56.7 Å². The number of aromatic nitrogens is 3. The monoisotopic (exact) mass is 381 g/mol. The third-order valence-corrected chi connectivity index (χ3v) is 6.14. The molecular formula is C22H31N5O. The SMILES string of the molecule is CCC(C(=O)N1CCN(Cc2nnc3n2CCCCC3)CC1)c1ccccc1. The van der Waals surface area contributed by atoms with E-state index in [4.69, 9.17) is 0 Å². The van der Waals surface area contributed by atoms with Gasteiger partial charge in [0.1, 0.15) is 11.6 Å². The summed E-state index contributed by atoms with van der Waals surface area (Å²) in [6, 6.07) is 10.2. The number of amides is 1. The molecule has 28 heavy (non-hydrogen) atoms. The molecule has 0 N–H and O–H groups in total. The molecule has 0 radical (unpaired) electrons. The molecule has 1 aromatic carbocycles. The van der Waals surface area contributed by atoms with Crippen molar-refractivity contribution in [3.05, 3.63) is 47.5 Å². The number of piperazine rings is 1. The zero-order valence-electron chi connectivity index (χ0n) is 16.9. The molecule has 1 atom stereocenters. The largest absolute Gasteiger partial charge is 0.340 e. The summed E-state index contributed by atoms with van der Waals surface area (Å²) in [7, 11) is 0. The molecule has 1 aromatic heterocycles. The highest BCUT2D eigenvalue weighted by atomic mass is 16.2. The molecule has 2 aromatic rings. The highest BCUT2D eigenvalue weighted by Gasteiger charge is 2.28. The van der Waals surface area contributed by atoms with Gasteiger partial charge in [-0.2, -0.15) is 0 Å². The third kappa shape index (κ3) is 4.12. The van der Waals surface area contributed by atoms with Crippen LogP contribution in [0.4, 0.5) is 0 Å². The second-order valence-corrected chi connectivity index (χ2v) is 7.97. The molecule has 1 saturated heterocycles. The molecule has 150 valence electrons. The van der Waals surface area contributed by atoms with Gasteiger partial charge in [-0.1, -0.05) is 43.7 Å². The quantitative estimate of drug-likeness (QED) is 0.799. The Balaban J connectivity index is 1.35. The summed E-state index contributed by atoms with van der Waals surface area (Å²) in [5, 5.41) is 8.87. The van der Waals surface area contributed by atoms with Crippen LogP contribution < -0.4 is 0 Å². The van der Waals surface area contributed by atoms with Gasteiger partial charge in [-0.25, -0.2) is 0 Å². The zero-order chi connectivity index (χ0) is 19.3. The normalized spacial score (nSPS) is 19.1. The number of benzene rings is 1. The van der Waals surface area contributed by atoms with E-state index in [0.29, 0.717) is 0 Å². The van der Waals surface area contributed by atoms with Gasteiger partial charge in [0.25, 0.3) is 0 Å². The number of rotatable bonds is 5. The third-order valence-electron chi connectivity index (χ3n) is 6.14. The molecule has 4 rings (SSSR count). The van der Waals surface area contributed by atoms with Crippen molar-refractivity contribution < 1.29 is 4.79 Å². The highest BCUT2D eigenvalue weighted by Crippen LogP contribution is 2.23. The van der Waals surface area contributed by atoms with Crippen LogP contribution in [0.1, 0.15) is 55.7 Å². The topological polar surface area (TPSA) is 54.3 Å². The summed E-state index contributed by atoms with van der Waals surface area (Å²) in [4.78, 5) is 17.5. The van der Waals surface area contributed by atoms with E-state index in [9.17, 15) is 4.79 Å². The molecule has 0 aliphatic carbocycles. The summed E-state index contributed by atoms with van der Waals surface area (Å²) in [6.07, 6.45) is 5.61. The van der Waals surface area contributed by atoms with Gasteiger partial charge in [0, 0.05) is 39.1 Å². The molecule has 3 heterocycles. The van der Waals surface area contributed by atoms with Gasteiger partial charge in [0.15, 0.2) is 0 Å². The molecule has 1 amide bonds. The van der Waals surface area contributed by atoms with Crippen molar-refractivity contribution in [2.24, 2.45) is 0 Å². The van der Waals surface area contributed by atoms with Crippen molar-refractivity contribution in [3.63, 3.8) is 0 Å². The van der Waals surface area contributed by atoms with Crippen LogP contribution in [0.25, 0.3) is 0 Å². The van der Waals surface area contributed by atoms with Crippen molar-refractivity contribution in [2.75, 3.05) is 26.2 Å². The Morgan fingerprint density at radius 3 is 2.54 bits per heavy atom. The lowest BCUT2D eigenvalue weighted by atomic mass is 9.95. The second kappa shape index (κ2) is 8.86. The van der Waals surface area contributed by atoms with Crippen molar-refractivity contribution in [1.29, 1.82) is 0 Å². The molecule has 1 fully saturated rings. The fraction of sp³-hybridized carbons (Fsp3) is 0.591. The first-order valence-corrected chi connectivity index (χ1v) is 10.7. The maximum atomic E-state index is 13.1. The average Bonchev–Trinajstić information content (AvgIpc) is 2.96. The fourth-order valence-corrected chi connectivity index (χ4v) is 4.45. The van der Waals surface area contributed by atoms with Crippen LogP contribution in [0, 0.1) is 0 Å². The summed E-state index contributed by atoms with van der Waals surface area (Å²) < 4.78 is 2.33. The van der Waals surface area contributed by atoms with E-state index in [0.717, 1.165) is 69.3 Å². The molecule has 0 spiro atoms. The Bertz CT molecular complexity index is 779. The van der Waals surface area contributed by atoms with E-state index in [1.807, 2.05) is 23.1 Å². The standard InChI is InChI=1S/C22H31N5O/c1-2-19(18-9-5-3-6-10-18)22(28)26-15-13-25(14-16-26)17-21-24-23-20-11-7-4-8-12-27(20)21/h3,5-6,9-10,19H,2,4,7-8,11-17H2,1H3. The molecule has 1 unspecified atom stereocenters. The van der Waals surface area contributed by atoms with Crippen LogP contribution in [-0.2, 0) is 24.3 Å². The Morgan fingerprint density at radius 2 is 1.79 bits per heavy atom. The Labute approximate surface area is 167 Å². The predicted octanol–water partition coefficient (Wildman–Crippen LogP) is 2.84. The second-order valence-electron chi connectivity index (χ2n) is 7.97. The van der Waals surface area contributed by atoms with Gasteiger partial charge in [0.2, 0.25) is 5.91 Å². The first-order chi connectivity index (χ1) is 13.8. The Kier molecular flexibility index (Phi) is 6.05. The maximum Gasteiger partial charge on any atom is 0.230 e. The first-order valence-electron chi connectivity index (χ1n) is 10.7. The molecule has 0 saturated carbocycles. The van der Waals surface area contributed by atoms with E-state index in [-0.39, 0.29) is 11.8 Å². The average molecular weight is 382 g/mol. The lowest BCUT2D eigenvalue weighted by molar-refractivity contribution is -0.134. The van der Waals surface area contributed by atoms with Crippen molar-refractivity contribution in [1.82, 2.24) is 24.6 Å². The molecule has 2 aliphatic heterocycles. The van der Waals surface area contributed by atoms with E-state index >= 15 is 0 Å². The minimum atomic E-state index is -0.0278. The Morgan fingerprint density at radius 1 is 1.00 bits per heavy atom. The number of carbonyl (C=O) groups is 1. The smallest absolute Gasteiger partial charge is 0.230 e. The lowest BCUT2D eigenvalue weighted by Crippen LogP contribution is -2.49. The molecule has 2 aliphatic rings. The molecule has 6 nitrogen and oxygen atoms in total. The van der Waals surface area contributed by atoms with Gasteiger partial charge in [-0.15, -0.1) is 10.2 Å². The molecular weight excluding hydrogens is 350 g/mol. The lowest BCUT2D eigenvalue weighted by Gasteiger charge is -2.36. The van der Waals surface area contributed by atoms with Crippen molar-refractivity contribution in [2.45, 2.75) is 58.0 Å². The van der Waals surface area contributed by atoms with Crippen LogP contribution in [0.3, 0.4) is 0 Å². The molecule has 6 heteroatoms. The minimum Gasteiger partial charge on any atom is -0.340 e. The summed E-state index contributed by atoms with van der Waals surface area (Å²) >= 11 is 0. The van der Waals surface area contributed by atoms with Gasteiger partial charge in [0.05, 0.1) is 12.5 Å². The summed E-state index contributed by atoms with van der Waals surface area (Å²) in [5.41, 5.74) is 1.13. The van der Waals surface area contributed by atoms with E-state index in [1.165, 1.54) is 19.3 Å². The van der Waals surface area contributed by atoms with Crippen molar-refractivity contribution in [3.8, 4) is 0 Å². The number of nitrogens with zero attached hydrogens (tertiary/aromatic N) is 5. The van der Waals surface area contributed by atoms with E-state index in [1.54, 1.807) is 0 Å². The number of hydrogen-bond donors (Lipinski definition) is 0. The van der Waals surface area contributed by atoms with Gasteiger partial charge < -0.3 is 9.47 Å². The minimum absolute atomic E-state index is 0.0278. The fourth-order valence-electron chi connectivity index (χ4n) is 4.45. The highest BCUT2D eigenvalue weighted by molar-refractivity contribution is 5.83. The summed E-state index contributed by atoms with van der Waals surface area (Å²) in [5.74, 6) is 2.48. The van der Waals surface area contributed by atoms with Gasteiger partial charge in [-0.05, 0) is 24.8 Å². The first kappa shape index (κ1) is 19.1. The number of aryl methyl sites for hydroxylation is 1. The number of fused-ring (bicyclic) bond motifs is 1. The number of hydrogen-bond acceptors (Lipinski definition) is 4. The zero-order valence-corrected chi connectivity index (χ0v) is 16.9. The van der Waals surface area contributed by atoms with E-state index < -0.39 is 0 Å². The van der Waals surface area contributed by atoms with Crippen LogP contribution in [0.2, 0.25) is 0 Å². The van der Waals surface area contributed by atoms with Gasteiger partial charge in [-0.3, -0.25) is 9.69 Å². The van der Waals surface area contributed by atoms with Crippen molar-refractivity contribution >= 4 is 5.91 Å². The van der Waals surface area contributed by atoms with Crippen LogP contribution in [0.5, 0.6) is 0 Å². The van der Waals surface area contributed by atoms with E-state index in [2.05, 4.69) is 38.7 Å². The Hall–Kier alpha value is -2.21. The number of carbonyl (C=O) groups excluding carboxylic acids is 1. The predicted molar refractivity (Wildman–Crippen MR) is 109 cm³/mol. The van der Waals surface area contributed by atoms with Gasteiger partial charge >= 0.3 is 0 Å². The van der Waals surface area contributed by atoms with Crippen LogP contribution >= 0.6 is 0 Å². The van der Waals surface area contributed by atoms with Crippen LogP contribution in [0.15, 0.2) is 30.3 Å². The molecule has 0 bridgehead atoms. The summed E-state index contributed by atoms with van der Waals surface area (Å²) in [6.45, 7) is 7.38.